The van der Waals surface area contributed by atoms with Crippen molar-refractivity contribution in [3.8, 4) is 5.82 Å². The zero-order valence-corrected chi connectivity index (χ0v) is 10.7. The van der Waals surface area contributed by atoms with Crippen LogP contribution in [0.1, 0.15) is 31.9 Å². The Morgan fingerprint density at radius 2 is 2.17 bits per heavy atom. The highest BCUT2D eigenvalue weighted by Crippen LogP contribution is 2.13. The van der Waals surface area contributed by atoms with Crippen LogP contribution in [0.3, 0.4) is 0 Å². The van der Waals surface area contributed by atoms with Crippen LogP contribution in [0, 0.1) is 0 Å². The summed E-state index contributed by atoms with van der Waals surface area (Å²) in [5, 5.41) is 0. The van der Waals surface area contributed by atoms with E-state index in [1.165, 1.54) is 0 Å². The fraction of sp³-hybridized carbons (Fsp3) is 0.417. The maximum Gasteiger partial charge on any atom is 0.145 e. The Hall–Kier alpha value is -1.95. The predicted octanol–water partition coefficient (Wildman–Crippen LogP) is 1.46. The van der Waals surface area contributed by atoms with Gasteiger partial charge in [0.05, 0.1) is 0 Å². The van der Waals surface area contributed by atoms with Crippen LogP contribution in [0.2, 0.25) is 0 Å². The van der Waals surface area contributed by atoms with Crippen LogP contribution < -0.4 is 11.3 Å². The van der Waals surface area contributed by atoms with Gasteiger partial charge in [0.25, 0.3) is 0 Å². The van der Waals surface area contributed by atoms with Crippen LogP contribution in [0.15, 0.2) is 18.5 Å². The van der Waals surface area contributed by atoms with Crippen molar-refractivity contribution in [1.82, 2.24) is 19.5 Å². The molecule has 0 saturated carbocycles. The lowest BCUT2D eigenvalue weighted by Gasteiger charge is -2.09. The van der Waals surface area contributed by atoms with Crippen molar-refractivity contribution in [3.63, 3.8) is 0 Å². The van der Waals surface area contributed by atoms with Gasteiger partial charge in [0, 0.05) is 31.3 Å². The van der Waals surface area contributed by atoms with E-state index in [2.05, 4.69) is 27.3 Å². The normalized spacial score (nSPS) is 10.6. The minimum absolute atomic E-state index is 0.619. The molecular weight excluding hydrogens is 228 g/mol. The number of nitrogen functional groups attached to an aromatic ring is 1. The van der Waals surface area contributed by atoms with Crippen molar-refractivity contribution in [1.29, 1.82) is 0 Å². The summed E-state index contributed by atoms with van der Waals surface area (Å²) in [4.78, 5) is 13.1. The van der Waals surface area contributed by atoms with E-state index < -0.39 is 0 Å². The number of hydrogen-bond donors (Lipinski definition) is 2. The number of hydrazine groups is 1. The van der Waals surface area contributed by atoms with Crippen molar-refractivity contribution in [2.24, 2.45) is 5.84 Å². The molecule has 0 radical (unpaired) electrons. The second kappa shape index (κ2) is 5.59. The zero-order valence-electron chi connectivity index (χ0n) is 10.7. The second-order valence-electron chi connectivity index (χ2n) is 3.99. The highest BCUT2D eigenvalue weighted by Gasteiger charge is 2.08. The van der Waals surface area contributed by atoms with Gasteiger partial charge in [0.1, 0.15) is 23.3 Å². The maximum atomic E-state index is 5.43. The highest BCUT2D eigenvalue weighted by molar-refractivity contribution is 5.41. The van der Waals surface area contributed by atoms with E-state index in [4.69, 9.17) is 5.84 Å². The van der Waals surface area contributed by atoms with Gasteiger partial charge in [0.2, 0.25) is 0 Å². The lowest BCUT2D eigenvalue weighted by Crippen LogP contribution is -2.12. The fourth-order valence-corrected chi connectivity index (χ4v) is 1.79. The SMILES string of the molecule is CCCc1nccn1-c1cc(NN)nc(CC)n1. The van der Waals surface area contributed by atoms with Crippen molar-refractivity contribution in [2.45, 2.75) is 33.1 Å². The average Bonchev–Trinajstić information content (AvgIpc) is 2.87. The van der Waals surface area contributed by atoms with E-state index in [9.17, 15) is 0 Å². The molecule has 0 saturated heterocycles. The monoisotopic (exact) mass is 246 g/mol. The lowest BCUT2D eigenvalue weighted by molar-refractivity contribution is 0.787. The van der Waals surface area contributed by atoms with Gasteiger partial charge in [-0.3, -0.25) is 4.57 Å². The number of aryl methyl sites for hydroxylation is 2. The van der Waals surface area contributed by atoms with E-state index in [-0.39, 0.29) is 0 Å². The first-order valence-electron chi connectivity index (χ1n) is 6.15. The summed E-state index contributed by atoms with van der Waals surface area (Å²) < 4.78 is 1.98. The first kappa shape index (κ1) is 12.5. The van der Waals surface area contributed by atoms with Gasteiger partial charge in [-0.15, -0.1) is 0 Å². The molecule has 2 rings (SSSR count). The van der Waals surface area contributed by atoms with Gasteiger partial charge < -0.3 is 5.43 Å². The van der Waals surface area contributed by atoms with Crippen molar-refractivity contribution in [2.75, 3.05) is 5.43 Å². The van der Waals surface area contributed by atoms with Crippen molar-refractivity contribution < 1.29 is 0 Å². The molecule has 6 nitrogen and oxygen atoms in total. The molecular formula is C12H18N6. The number of anilines is 1. The Morgan fingerprint density at radius 1 is 1.33 bits per heavy atom. The van der Waals surface area contributed by atoms with Crippen LogP contribution in [-0.4, -0.2) is 19.5 Å². The molecule has 2 heterocycles. The molecule has 0 aliphatic heterocycles. The minimum Gasteiger partial charge on any atom is -0.308 e. The molecule has 96 valence electrons. The third-order valence-corrected chi connectivity index (χ3v) is 2.66. The van der Waals surface area contributed by atoms with Gasteiger partial charge in [0.15, 0.2) is 0 Å². The molecule has 6 heteroatoms. The summed E-state index contributed by atoms with van der Waals surface area (Å²) in [6, 6.07) is 1.82. The topological polar surface area (TPSA) is 81.7 Å². The first-order chi connectivity index (χ1) is 8.78. The number of hydrogen-bond acceptors (Lipinski definition) is 5. The number of rotatable bonds is 5. The summed E-state index contributed by atoms with van der Waals surface area (Å²) in [5.74, 6) is 8.61. The van der Waals surface area contributed by atoms with E-state index >= 15 is 0 Å². The zero-order chi connectivity index (χ0) is 13.0. The first-order valence-corrected chi connectivity index (χ1v) is 6.15. The molecule has 0 amide bonds. The number of aromatic nitrogens is 4. The Balaban J connectivity index is 2.45. The summed E-state index contributed by atoms with van der Waals surface area (Å²) in [6.07, 6.45) is 6.43. The standard InChI is InChI=1S/C12H18N6/c1-3-5-11-14-6-7-18(11)12-8-10(17-13)15-9(4-2)16-12/h6-8H,3-5,13H2,1-2H3,(H,15,16,17). The molecule has 0 atom stereocenters. The molecule has 0 aliphatic rings. The van der Waals surface area contributed by atoms with E-state index in [1.807, 2.05) is 23.8 Å². The molecule has 2 aromatic heterocycles. The van der Waals surface area contributed by atoms with E-state index in [1.54, 1.807) is 6.20 Å². The third kappa shape index (κ3) is 2.48. The number of nitrogens with two attached hydrogens (primary N) is 1. The summed E-state index contributed by atoms with van der Waals surface area (Å²) in [7, 11) is 0. The van der Waals surface area contributed by atoms with Crippen LogP contribution in [-0.2, 0) is 12.8 Å². The molecule has 3 N–H and O–H groups in total. The Kier molecular flexibility index (Phi) is 3.88. The van der Waals surface area contributed by atoms with Crippen LogP contribution in [0.4, 0.5) is 5.82 Å². The molecule has 0 fully saturated rings. The molecule has 0 spiro atoms. The van der Waals surface area contributed by atoms with Crippen molar-refractivity contribution >= 4 is 5.82 Å². The van der Waals surface area contributed by atoms with Gasteiger partial charge >= 0.3 is 0 Å². The van der Waals surface area contributed by atoms with E-state index in [0.29, 0.717) is 5.82 Å². The van der Waals surface area contributed by atoms with Gasteiger partial charge in [-0.2, -0.15) is 0 Å². The lowest BCUT2D eigenvalue weighted by atomic mass is 10.3. The predicted molar refractivity (Wildman–Crippen MR) is 70.3 cm³/mol. The van der Waals surface area contributed by atoms with Gasteiger partial charge in [-0.25, -0.2) is 20.8 Å². The minimum atomic E-state index is 0.619. The largest absolute Gasteiger partial charge is 0.308 e. The Bertz CT molecular complexity index is 497. The number of imidazole rings is 1. The van der Waals surface area contributed by atoms with E-state index in [0.717, 1.165) is 36.7 Å². The third-order valence-electron chi connectivity index (χ3n) is 2.66. The number of nitrogens with zero attached hydrogens (tertiary/aromatic N) is 4. The molecule has 0 aliphatic carbocycles. The van der Waals surface area contributed by atoms with Crippen LogP contribution >= 0.6 is 0 Å². The fourth-order valence-electron chi connectivity index (χ4n) is 1.79. The van der Waals surface area contributed by atoms with Gasteiger partial charge in [-0.1, -0.05) is 13.8 Å². The Morgan fingerprint density at radius 3 is 2.83 bits per heavy atom. The highest BCUT2D eigenvalue weighted by atomic mass is 15.3. The van der Waals surface area contributed by atoms with Gasteiger partial charge in [-0.05, 0) is 6.42 Å². The maximum absolute atomic E-state index is 5.43. The smallest absolute Gasteiger partial charge is 0.145 e. The average molecular weight is 246 g/mol. The van der Waals surface area contributed by atoms with Crippen LogP contribution in [0.5, 0.6) is 0 Å². The van der Waals surface area contributed by atoms with Crippen LogP contribution in [0.25, 0.3) is 5.82 Å². The molecule has 18 heavy (non-hydrogen) atoms. The summed E-state index contributed by atoms with van der Waals surface area (Å²) in [5.41, 5.74) is 2.57. The summed E-state index contributed by atoms with van der Waals surface area (Å²) >= 11 is 0. The molecule has 2 aromatic rings. The molecule has 0 bridgehead atoms. The molecule has 0 unspecified atom stereocenters. The molecule has 0 aromatic carbocycles. The van der Waals surface area contributed by atoms with Crippen molar-refractivity contribution in [3.05, 3.63) is 30.1 Å². The summed E-state index contributed by atoms with van der Waals surface area (Å²) in [6.45, 7) is 4.14. The quantitative estimate of drug-likeness (QED) is 0.616. The number of nitrogens with one attached hydrogen (secondary N) is 1. The Labute approximate surface area is 106 Å². The second-order valence-corrected chi connectivity index (χ2v) is 3.99.